The molecule has 1 amide bonds. The Kier molecular flexibility index (Phi) is 3.09. The molecule has 1 heterocycles. The van der Waals surface area contributed by atoms with E-state index in [0.717, 1.165) is 13.1 Å². The number of benzene rings is 1. The van der Waals surface area contributed by atoms with E-state index in [0.29, 0.717) is 23.1 Å². The van der Waals surface area contributed by atoms with Crippen LogP contribution in [0.5, 0.6) is 11.5 Å². The van der Waals surface area contributed by atoms with Crippen molar-refractivity contribution >= 4 is 5.91 Å². The first-order chi connectivity index (χ1) is 9.20. The maximum absolute atomic E-state index is 12.5. The fourth-order valence-electron chi connectivity index (χ4n) is 3.43. The number of ether oxygens (including phenoxy) is 1. The molecule has 102 valence electrons. The molecule has 1 saturated heterocycles. The third kappa shape index (κ3) is 2.05. The van der Waals surface area contributed by atoms with Gasteiger partial charge in [-0.25, -0.2) is 0 Å². The van der Waals surface area contributed by atoms with Gasteiger partial charge in [-0.1, -0.05) is 12.5 Å². The van der Waals surface area contributed by atoms with E-state index in [1.54, 1.807) is 18.2 Å². The lowest BCUT2D eigenvalue weighted by Crippen LogP contribution is -2.29. The number of methoxy groups -OCH3 is 1. The molecular weight excluding hydrogens is 242 g/mol. The number of phenolic OH excluding ortho intramolecular Hbond substituents is 1. The van der Waals surface area contributed by atoms with E-state index < -0.39 is 0 Å². The standard InChI is InChI=1S/C15H19NO3/c1-19-13-7-3-6-12(14(13)17)15(18)16-8-10-4-2-5-11(10)9-16/h3,6-7,10-11,17H,2,4-5,8-9H2,1H3. The van der Waals surface area contributed by atoms with Crippen molar-refractivity contribution in [1.82, 2.24) is 4.90 Å². The topological polar surface area (TPSA) is 49.8 Å². The number of likely N-dealkylation sites (tertiary alicyclic amines) is 1. The molecule has 4 heteroatoms. The van der Waals surface area contributed by atoms with Crippen LogP contribution < -0.4 is 4.74 Å². The Morgan fingerprint density at radius 2 is 2.00 bits per heavy atom. The largest absolute Gasteiger partial charge is 0.504 e. The normalized spacial score (nSPS) is 25.4. The summed E-state index contributed by atoms with van der Waals surface area (Å²) >= 11 is 0. The summed E-state index contributed by atoms with van der Waals surface area (Å²) in [6, 6.07) is 5.06. The first kappa shape index (κ1) is 12.3. The van der Waals surface area contributed by atoms with Crippen molar-refractivity contribution in [3.8, 4) is 11.5 Å². The molecule has 2 fully saturated rings. The van der Waals surface area contributed by atoms with Crippen molar-refractivity contribution in [3.05, 3.63) is 23.8 Å². The number of carbonyl (C=O) groups is 1. The van der Waals surface area contributed by atoms with Crippen LogP contribution in [0.2, 0.25) is 0 Å². The van der Waals surface area contributed by atoms with E-state index in [-0.39, 0.29) is 11.7 Å². The molecular formula is C15H19NO3. The third-order valence-corrected chi connectivity index (χ3v) is 4.46. The van der Waals surface area contributed by atoms with Crippen LogP contribution in [0, 0.1) is 11.8 Å². The van der Waals surface area contributed by atoms with E-state index in [2.05, 4.69) is 0 Å². The van der Waals surface area contributed by atoms with Gasteiger partial charge in [-0.3, -0.25) is 4.79 Å². The fraction of sp³-hybridized carbons (Fsp3) is 0.533. The van der Waals surface area contributed by atoms with E-state index in [1.165, 1.54) is 26.4 Å². The van der Waals surface area contributed by atoms with Gasteiger partial charge in [-0.05, 0) is 36.8 Å². The van der Waals surface area contributed by atoms with Crippen LogP contribution >= 0.6 is 0 Å². The first-order valence-corrected chi connectivity index (χ1v) is 6.86. The number of phenols is 1. The van der Waals surface area contributed by atoms with Crippen molar-refractivity contribution in [2.45, 2.75) is 19.3 Å². The maximum atomic E-state index is 12.5. The van der Waals surface area contributed by atoms with Gasteiger partial charge in [0.25, 0.3) is 5.91 Å². The number of carbonyl (C=O) groups excluding carboxylic acids is 1. The van der Waals surface area contributed by atoms with E-state index >= 15 is 0 Å². The zero-order valence-electron chi connectivity index (χ0n) is 11.1. The number of nitrogens with zero attached hydrogens (tertiary/aromatic N) is 1. The minimum atomic E-state index is -0.0780. The SMILES string of the molecule is COc1cccc(C(=O)N2CC3CCCC3C2)c1O. The molecule has 1 aliphatic carbocycles. The molecule has 2 unspecified atom stereocenters. The van der Waals surface area contributed by atoms with Gasteiger partial charge in [0.05, 0.1) is 12.7 Å². The van der Waals surface area contributed by atoms with Gasteiger partial charge in [-0.15, -0.1) is 0 Å². The molecule has 1 aromatic carbocycles. The van der Waals surface area contributed by atoms with Gasteiger partial charge in [0.2, 0.25) is 0 Å². The van der Waals surface area contributed by atoms with Crippen molar-refractivity contribution < 1.29 is 14.6 Å². The van der Waals surface area contributed by atoms with Crippen LogP contribution in [-0.4, -0.2) is 36.1 Å². The second-order valence-corrected chi connectivity index (χ2v) is 5.52. The molecule has 2 atom stereocenters. The number of amides is 1. The van der Waals surface area contributed by atoms with Crippen LogP contribution in [-0.2, 0) is 0 Å². The number of rotatable bonds is 2. The summed E-state index contributed by atoms with van der Waals surface area (Å²) in [6.07, 6.45) is 3.76. The minimum absolute atomic E-state index is 0.0490. The second-order valence-electron chi connectivity index (χ2n) is 5.52. The molecule has 0 aromatic heterocycles. The Bertz CT molecular complexity index is 488. The van der Waals surface area contributed by atoms with Crippen LogP contribution in [0.15, 0.2) is 18.2 Å². The van der Waals surface area contributed by atoms with E-state index in [4.69, 9.17) is 4.74 Å². The minimum Gasteiger partial charge on any atom is -0.504 e. The van der Waals surface area contributed by atoms with Crippen molar-refractivity contribution in [3.63, 3.8) is 0 Å². The van der Waals surface area contributed by atoms with Gasteiger partial charge >= 0.3 is 0 Å². The van der Waals surface area contributed by atoms with Gasteiger partial charge in [0, 0.05) is 13.1 Å². The summed E-state index contributed by atoms with van der Waals surface area (Å²) in [4.78, 5) is 14.4. The Morgan fingerprint density at radius 3 is 2.63 bits per heavy atom. The summed E-state index contributed by atoms with van der Waals surface area (Å²) < 4.78 is 5.05. The highest BCUT2D eigenvalue weighted by Crippen LogP contribution is 2.39. The zero-order chi connectivity index (χ0) is 13.4. The number of hydrogen-bond acceptors (Lipinski definition) is 3. The highest BCUT2D eigenvalue weighted by atomic mass is 16.5. The van der Waals surface area contributed by atoms with Crippen LogP contribution in [0.3, 0.4) is 0 Å². The molecule has 0 spiro atoms. The van der Waals surface area contributed by atoms with Gasteiger partial charge < -0.3 is 14.7 Å². The third-order valence-electron chi connectivity index (χ3n) is 4.46. The lowest BCUT2D eigenvalue weighted by Gasteiger charge is -2.18. The molecule has 1 saturated carbocycles. The smallest absolute Gasteiger partial charge is 0.257 e. The Labute approximate surface area is 113 Å². The van der Waals surface area contributed by atoms with E-state index in [9.17, 15) is 9.90 Å². The van der Waals surface area contributed by atoms with Gasteiger partial charge in [0.1, 0.15) is 0 Å². The first-order valence-electron chi connectivity index (χ1n) is 6.86. The summed E-state index contributed by atoms with van der Waals surface area (Å²) in [5.41, 5.74) is 0.347. The molecule has 4 nitrogen and oxygen atoms in total. The van der Waals surface area contributed by atoms with Crippen molar-refractivity contribution in [2.24, 2.45) is 11.8 Å². The molecule has 0 radical (unpaired) electrons. The predicted molar refractivity (Wildman–Crippen MR) is 71.4 cm³/mol. The Balaban J connectivity index is 1.81. The Morgan fingerprint density at radius 1 is 1.32 bits per heavy atom. The molecule has 2 aliphatic rings. The lowest BCUT2D eigenvalue weighted by atomic mass is 10.0. The lowest BCUT2D eigenvalue weighted by molar-refractivity contribution is 0.0777. The summed E-state index contributed by atoms with van der Waals surface area (Å²) in [5, 5.41) is 10.1. The molecule has 1 N–H and O–H groups in total. The summed E-state index contributed by atoms with van der Waals surface area (Å²) in [6.45, 7) is 1.67. The van der Waals surface area contributed by atoms with Crippen LogP contribution in [0.4, 0.5) is 0 Å². The van der Waals surface area contributed by atoms with Crippen LogP contribution in [0.25, 0.3) is 0 Å². The molecule has 0 bridgehead atoms. The van der Waals surface area contributed by atoms with E-state index in [1.807, 2.05) is 4.90 Å². The number of hydrogen-bond donors (Lipinski definition) is 1. The average molecular weight is 261 g/mol. The van der Waals surface area contributed by atoms with Gasteiger partial charge in [-0.2, -0.15) is 0 Å². The van der Waals surface area contributed by atoms with Crippen LogP contribution in [0.1, 0.15) is 29.6 Å². The van der Waals surface area contributed by atoms with Gasteiger partial charge in [0.15, 0.2) is 11.5 Å². The summed E-state index contributed by atoms with van der Waals surface area (Å²) in [7, 11) is 1.49. The summed E-state index contributed by atoms with van der Waals surface area (Å²) in [5.74, 6) is 1.55. The molecule has 1 aliphatic heterocycles. The average Bonchev–Trinajstić information content (AvgIpc) is 2.99. The predicted octanol–water partition coefficient (Wildman–Crippen LogP) is 2.27. The zero-order valence-corrected chi connectivity index (χ0v) is 11.1. The van der Waals surface area contributed by atoms with Crippen molar-refractivity contribution in [2.75, 3.05) is 20.2 Å². The molecule has 19 heavy (non-hydrogen) atoms. The number of fused-ring (bicyclic) bond motifs is 1. The quantitative estimate of drug-likeness (QED) is 0.888. The molecule has 3 rings (SSSR count). The maximum Gasteiger partial charge on any atom is 0.257 e. The highest BCUT2D eigenvalue weighted by molar-refractivity contribution is 5.97. The second kappa shape index (κ2) is 4.76. The Hall–Kier alpha value is -1.71. The molecule has 1 aromatic rings. The monoisotopic (exact) mass is 261 g/mol. The number of aromatic hydroxyl groups is 1. The fourth-order valence-corrected chi connectivity index (χ4v) is 3.43. The van der Waals surface area contributed by atoms with Crippen molar-refractivity contribution in [1.29, 1.82) is 0 Å². The highest BCUT2D eigenvalue weighted by Gasteiger charge is 2.38. The number of para-hydroxylation sites is 1.